The molecule has 0 aliphatic rings. The van der Waals surface area contributed by atoms with Gasteiger partial charge in [0.05, 0.1) is 0 Å². The summed E-state index contributed by atoms with van der Waals surface area (Å²) < 4.78 is 0. The van der Waals surface area contributed by atoms with Gasteiger partial charge in [0, 0.05) is 24.3 Å². The smallest absolute Gasteiger partial charge is 0.222 e. The molecule has 0 saturated heterocycles. The fourth-order valence-electron chi connectivity index (χ4n) is 1.20. The van der Waals surface area contributed by atoms with E-state index in [-0.39, 0.29) is 5.41 Å². The van der Waals surface area contributed by atoms with E-state index >= 15 is 0 Å². The lowest BCUT2D eigenvalue weighted by Crippen LogP contribution is -2.24. The second kappa shape index (κ2) is 5.31. The predicted octanol–water partition coefficient (Wildman–Crippen LogP) is 2.85. The SMILES string of the molecule is Cc1ccnc(NCC(C)(C)CCCl)n1. The van der Waals surface area contributed by atoms with Crippen LogP contribution in [0.25, 0.3) is 0 Å². The van der Waals surface area contributed by atoms with E-state index in [4.69, 9.17) is 11.6 Å². The lowest BCUT2D eigenvalue weighted by Gasteiger charge is -2.23. The minimum atomic E-state index is 0.175. The van der Waals surface area contributed by atoms with Crippen molar-refractivity contribution in [2.75, 3.05) is 17.7 Å². The minimum Gasteiger partial charge on any atom is -0.354 e. The number of halogens is 1. The Hall–Kier alpha value is -0.830. The van der Waals surface area contributed by atoms with Gasteiger partial charge in [0.25, 0.3) is 0 Å². The Kier molecular flexibility index (Phi) is 4.33. The van der Waals surface area contributed by atoms with E-state index in [2.05, 4.69) is 29.1 Å². The van der Waals surface area contributed by atoms with Crippen LogP contribution in [0.2, 0.25) is 0 Å². The van der Waals surface area contributed by atoms with Gasteiger partial charge in [-0.25, -0.2) is 9.97 Å². The number of rotatable bonds is 5. The molecule has 1 aromatic rings. The molecule has 0 saturated carbocycles. The Morgan fingerprint density at radius 3 is 2.80 bits per heavy atom. The Balaban J connectivity index is 2.49. The molecule has 0 amide bonds. The van der Waals surface area contributed by atoms with Crippen LogP contribution >= 0.6 is 11.6 Å². The molecule has 4 heteroatoms. The summed E-state index contributed by atoms with van der Waals surface area (Å²) in [5.74, 6) is 1.38. The maximum atomic E-state index is 5.73. The van der Waals surface area contributed by atoms with E-state index in [0.717, 1.165) is 18.7 Å². The van der Waals surface area contributed by atoms with E-state index in [0.29, 0.717) is 11.8 Å². The van der Waals surface area contributed by atoms with Crippen molar-refractivity contribution in [3.63, 3.8) is 0 Å². The summed E-state index contributed by atoms with van der Waals surface area (Å²) in [6, 6.07) is 1.88. The normalized spacial score (nSPS) is 11.5. The van der Waals surface area contributed by atoms with E-state index < -0.39 is 0 Å². The molecule has 0 spiro atoms. The highest BCUT2D eigenvalue weighted by molar-refractivity contribution is 6.17. The van der Waals surface area contributed by atoms with E-state index in [9.17, 15) is 0 Å². The first kappa shape index (κ1) is 12.2. The van der Waals surface area contributed by atoms with Crippen molar-refractivity contribution in [1.29, 1.82) is 0 Å². The van der Waals surface area contributed by atoms with Crippen LogP contribution in [-0.2, 0) is 0 Å². The zero-order valence-corrected chi connectivity index (χ0v) is 10.3. The fourth-order valence-corrected chi connectivity index (χ4v) is 1.71. The summed E-state index contributed by atoms with van der Waals surface area (Å²) in [5, 5.41) is 3.23. The van der Waals surface area contributed by atoms with Gasteiger partial charge in [-0.15, -0.1) is 11.6 Å². The van der Waals surface area contributed by atoms with Gasteiger partial charge in [-0.3, -0.25) is 0 Å². The van der Waals surface area contributed by atoms with E-state index in [1.165, 1.54) is 0 Å². The van der Waals surface area contributed by atoms with Crippen LogP contribution in [0.3, 0.4) is 0 Å². The highest BCUT2D eigenvalue weighted by Gasteiger charge is 2.16. The topological polar surface area (TPSA) is 37.8 Å². The quantitative estimate of drug-likeness (QED) is 0.787. The zero-order valence-electron chi connectivity index (χ0n) is 9.55. The van der Waals surface area contributed by atoms with Gasteiger partial charge in [0.15, 0.2) is 0 Å². The molecule has 0 aliphatic carbocycles. The predicted molar refractivity (Wildman–Crippen MR) is 64.4 cm³/mol. The van der Waals surface area contributed by atoms with Gasteiger partial charge >= 0.3 is 0 Å². The molecular formula is C11H18ClN3. The maximum Gasteiger partial charge on any atom is 0.222 e. The molecule has 15 heavy (non-hydrogen) atoms. The molecule has 0 aromatic carbocycles. The summed E-state index contributed by atoms with van der Waals surface area (Å²) in [4.78, 5) is 8.43. The molecule has 0 atom stereocenters. The van der Waals surface area contributed by atoms with Crippen LogP contribution in [-0.4, -0.2) is 22.4 Å². The summed E-state index contributed by atoms with van der Waals surface area (Å²) in [7, 11) is 0. The van der Waals surface area contributed by atoms with Gasteiger partial charge in [-0.2, -0.15) is 0 Å². The molecule has 0 unspecified atom stereocenters. The first-order chi connectivity index (χ1) is 7.03. The molecule has 0 fully saturated rings. The van der Waals surface area contributed by atoms with Crippen LogP contribution in [0, 0.1) is 12.3 Å². The van der Waals surface area contributed by atoms with Crippen molar-refractivity contribution < 1.29 is 0 Å². The molecular weight excluding hydrogens is 210 g/mol. The third kappa shape index (κ3) is 4.47. The minimum absolute atomic E-state index is 0.175. The van der Waals surface area contributed by atoms with Crippen LogP contribution < -0.4 is 5.32 Å². The largest absolute Gasteiger partial charge is 0.354 e. The Labute approximate surface area is 96.3 Å². The lowest BCUT2D eigenvalue weighted by atomic mass is 9.90. The molecule has 1 heterocycles. The molecule has 1 N–H and O–H groups in total. The summed E-state index contributed by atoms with van der Waals surface area (Å²) >= 11 is 5.73. The van der Waals surface area contributed by atoms with Gasteiger partial charge < -0.3 is 5.32 Å². The van der Waals surface area contributed by atoms with Crippen LogP contribution in [0.1, 0.15) is 26.0 Å². The average Bonchev–Trinajstić information content (AvgIpc) is 2.15. The number of nitrogens with one attached hydrogen (secondary N) is 1. The second-order valence-corrected chi connectivity index (χ2v) is 4.86. The number of aryl methyl sites for hydroxylation is 1. The first-order valence-electron chi connectivity index (χ1n) is 5.13. The standard InChI is InChI=1S/C11H18ClN3/c1-9-4-7-13-10(15-9)14-8-11(2,3)5-6-12/h4,7H,5-6,8H2,1-3H3,(H,13,14,15). The molecule has 1 rings (SSSR count). The highest BCUT2D eigenvalue weighted by atomic mass is 35.5. The van der Waals surface area contributed by atoms with Crippen molar-refractivity contribution in [2.45, 2.75) is 27.2 Å². The molecule has 0 aliphatic heterocycles. The second-order valence-electron chi connectivity index (χ2n) is 4.48. The average molecular weight is 228 g/mol. The fraction of sp³-hybridized carbons (Fsp3) is 0.636. The van der Waals surface area contributed by atoms with Gasteiger partial charge in [-0.05, 0) is 24.8 Å². The van der Waals surface area contributed by atoms with E-state index in [1.54, 1.807) is 6.20 Å². The van der Waals surface area contributed by atoms with Gasteiger partial charge in [0.1, 0.15) is 0 Å². The van der Waals surface area contributed by atoms with Gasteiger partial charge in [-0.1, -0.05) is 13.8 Å². The molecule has 0 radical (unpaired) electrons. The summed E-state index contributed by atoms with van der Waals surface area (Å²) in [6.07, 6.45) is 2.74. The number of hydrogen-bond donors (Lipinski definition) is 1. The highest BCUT2D eigenvalue weighted by Crippen LogP contribution is 2.20. The zero-order chi connectivity index (χ0) is 11.3. The number of alkyl halides is 1. The molecule has 84 valence electrons. The number of hydrogen-bond acceptors (Lipinski definition) is 3. The number of nitrogens with zero attached hydrogens (tertiary/aromatic N) is 2. The molecule has 3 nitrogen and oxygen atoms in total. The van der Waals surface area contributed by atoms with Crippen LogP contribution in [0.15, 0.2) is 12.3 Å². The Morgan fingerprint density at radius 2 is 2.20 bits per heavy atom. The number of anilines is 1. The van der Waals surface area contributed by atoms with Crippen molar-refractivity contribution in [2.24, 2.45) is 5.41 Å². The Morgan fingerprint density at radius 1 is 1.47 bits per heavy atom. The van der Waals surface area contributed by atoms with Crippen molar-refractivity contribution in [3.8, 4) is 0 Å². The molecule has 1 aromatic heterocycles. The van der Waals surface area contributed by atoms with Crippen LogP contribution in [0.4, 0.5) is 5.95 Å². The monoisotopic (exact) mass is 227 g/mol. The van der Waals surface area contributed by atoms with Gasteiger partial charge in [0.2, 0.25) is 5.95 Å². The third-order valence-corrected chi connectivity index (χ3v) is 2.48. The number of aromatic nitrogens is 2. The first-order valence-corrected chi connectivity index (χ1v) is 5.66. The summed E-state index contributed by atoms with van der Waals surface area (Å²) in [5.41, 5.74) is 1.15. The molecule has 0 bridgehead atoms. The maximum absolute atomic E-state index is 5.73. The van der Waals surface area contributed by atoms with Crippen LogP contribution in [0.5, 0.6) is 0 Å². The lowest BCUT2D eigenvalue weighted by molar-refractivity contribution is 0.378. The van der Waals surface area contributed by atoms with Crippen molar-refractivity contribution in [3.05, 3.63) is 18.0 Å². The Bertz CT molecular complexity index is 312. The third-order valence-electron chi connectivity index (χ3n) is 2.29. The summed E-state index contributed by atoms with van der Waals surface area (Å²) in [6.45, 7) is 7.15. The van der Waals surface area contributed by atoms with Crippen molar-refractivity contribution in [1.82, 2.24) is 9.97 Å². The van der Waals surface area contributed by atoms with Crippen molar-refractivity contribution >= 4 is 17.5 Å². The van der Waals surface area contributed by atoms with E-state index in [1.807, 2.05) is 13.0 Å².